The zero-order valence-electron chi connectivity index (χ0n) is 17.4. The molecule has 0 aromatic carbocycles. The van der Waals surface area contributed by atoms with Crippen LogP contribution in [0.4, 0.5) is 4.79 Å². The highest BCUT2D eigenvalue weighted by Crippen LogP contribution is 2.13. The lowest BCUT2D eigenvalue weighted by Gasteiger charge is -2.30. The van der Waals surface area contributed by atoms with Gasteiger partial charge in [-0.2, -0.15) is 0 Å². The zero-order chi connectivity index (χ0) is 21.0. The van der Waals surface area contributed by atoms with Gasteiger partial charge in [0.15, 0.2) is 0 Å². The number of carbonyl (C=O) groups excluding carboxylic acids is 2. The van der Waals surface area contributed by atoms with E-state index in [2.05, 4.69) is 14.9 Å². The molecule has 10 nitrogen and oxygen atoms in total. The number of hydrogen-bond acceptors (Lipinski definition) is 7. The fourth-order valence-corrected chi connectivity index (χ4v) is 2.73. The molecule has 1 fully saturated rings. The number of likely N-dealkylation sites (tertiary alicyclic amines) is 1. The van der Waals surface area contributed by atoms with Crippen molar-refractivity contribution in [3.63, 3.8) is 0 Å². The molecule has 0 aromatic rings. The fraction of sp³-hybridized carbons (Fsp3) is 0.889. The van der Waals surface area contributed by atoms with Crippen LogP contribution in [0.25, 0.3) is 10.4 Å². The fourth-order valence-electron chi connectivity index (χ4n) is 2.73. The Morgan fingerprint density at radius 1 is 1.25 bits per heavy atom. The molecular weight excluding hydrogens is 366 g/mol. The Balaban J connectivity index is 2.34. The number of carbonyl (C=O) groups is 2. The first kappa shape index (κ1) is 24.0. The van der Waals surface area contributed by atoms with E-state index in [0.717, 1.165) is 32.5 Å². The van der Waals surface area contributed by atoms with Crippen molar-refractivity contribution in [2.24, 2.45) is 5.11 Å². The van der Waals surface area contributed by atoms with Crippen LogP contribution in [0.5, 0.6) is 0 Å². The van der Waals surface area contributed by atoms with Gasteiger partial charge in [-0.25, -0.2) is 4.79 Å². The molecule has 0 spiro atoms. The summed E-state index contributed by atoms with van der Waals surface area (Å²) in [7, 11) is 0. The summed E-state index contributed by atoms with van der Waals surface area (Å²) >= 11 is 0. The van der Waals surface area contributed by atoms with E-state index in [1.807, 2.05) is 0 Å². The van der Waals surface area contributed by atoms with E-state index < -0.39 is 17.7 Å². The van der Waals surface area contributed by atoms with Crippen LogP contribution in [0.2, 0.25) is 0 Å². The lowest BCUT2D eigenvalue weighted by molar-refractivity contribution is -0.144. The number of hydrogen-bond donors (Lipinski definition) is 0. The average Bonchev–Trinajstić information content (AvgIpc) is 2.61. The molecule has 0 aromatic heterocycles. The minimum absolute atomic E-state index is 0.0902. The molecule has 1 amide bonds. The van der Waals surface area contributed by atoms with Crippen LogP contribution >= 0.6 is 0 Å². The lowest BCUT2D eigenvalue weighted by Crippen LogP contribution is -2.42. The molecule has 0 atom stereocenters. The monoisotopic (exact) mass is 399 g/mol. The Bertz CT molecular complexity index is 537. The Morgan fingerprint density at radius 3 is 2.50 bits per heavy atom. The summed E-state index contributed by atoms with van der Waals surface area (Å²) in [4.78, 5) is 30.5. The largest absolute Gasteiger partial charge is 0.465 e. The minimum Gasteiger partial charge on any atom is -0.465 e. The molecule has 1 aliphatic heterocycles. The number of amides is 1. The maximum Gasteiger partial charge on any atom is 0.410 e. The molecule has 0 radical (unpaired) electrons. The predicted octanol–water partition coefficient (Wildman–Crippen LogP) is 2.58. The van der Waals surface area contributed by atoms with Crippen LogP contribution in [-0.2, 0) is 19.0 Å². The highest BCUT2D eigenvalue weighted by atomic mass is 16.6. The predicted molar refractivity (Wildman–Crippen MR) is 104 cm³/mol. The van der Waals surface area contributed by atoms with Crippen molar-refractivity contribution in [2.45, 2.75) is 52.2 Å². The van der Waals surface area contributed by atoms with Gasteiger partial charge in [0.1, 0.15) is 12.1 Å². The van der Waals surface area contributed by atoms with Gasteiger partial charge in [0.25, 0.3) is 0 Å². The first-order valence-electron chi connectivity index (χ1n) is 9.73. The molecule has 1 saturated heterocycles. The Morgan fingerprint density at radius 2 is 1.93 bits per heavy atom. The first-order valence-corrected chi connectivity index (χ1v) is 9.73. The van der Waals surface area contributed by atoms with Crippen LogP contribution in [0.15, 0.2) is 5.11 Å². The summed E-state index contributed by atoms with van der Waals surface area (Å²) in [5, 5.41) is 3.76. The summed E-state index contributed by atoms with van der Waals surface area (Å²) in [6.07, 6.45) is 1.15. The highest BCUT2D eigenvalue weighted by molar-refractivity contribution is 5.78. The maximum atomic E-state index is 12.3. The van der Waals surface area contributed by atoms with E-state index in [1.165, 1.54) is 4.90 Å². The summed E-state index contributed by atoms with van der Waals surface area (Å²) < 4.78 is 15.9. The van der Waals surface area contributed by atoms with Crippen molar-refractivity contribution in [3.05, 3.63) is 10.4 Å². The quantitative estimate of drug-likeness (QED) is 0.183. The Labute approximate surface area is 166 Å². The van der Waals surface area contributed by atoms with Crippen LogP contribution in [0, 0.1) is 0 Å². The normalized spacial score (nSPS) is 15.6. The maximum absolute atomic E-state index is 12.3. The summed E-state index contributed by atoms with van der Waals surface area (Å²) in [5.74, 6) is -0.476. The van der Waals surface area contributed by atoms with Crippen molar-refractivity contribution in [1.82, 2.24) is 9.80 Å². The molecule has 0 N–H and O–H groups in total. The summed E-state index contributed by atoms with van der Waals surface area (Å²) in [5.41, 5.74) is 7.83. The second-order valence-corrected chi connectivity index (χ2v) is 7.60. The van der Waals surface area contributed by atoms with Gasteiger partial charge >= 0.3 is 12.1 Å². The molecule has 0 aliphatic carbocycles. The molecule has 0 unspecified atom stereocenters. The first-order chi connectivity index (χ1) is 13.2. The second-order valence-electron chi connectivity index (χ2n) is 7.60. The number of ether oxygens (including phenoxy) is 3. The third-order valence-corrected chi connectivity index (χ3v) is 4.11. The molecule has 1 aliphatic rings. The SMILES string of the molecule is CCOC(=O)CN(CCOCCN1CCC(N=[N+]=[N-])CC1)C(=O)OC(C)(C)C. The number of azide groups is 1. The van der Waals surface area contributed by atoms with Gasteiger partial charge in [-0.1, -0.05) is 5.11 Å². The van der Waals surface area contributed by atoms with Crippen LogP contribution < -0.4 is 0 Å². The molecule has 0 saturated carbocycles. The average molecular weight is 399 g/mol. The topological polar surface area (TPSA) is 117 Å². The van der Waals surface area contributed by atoms with Crippen LogP contribution in [0.1, 0.15) is 40.5 Å². The summed E-state index contributed by atoms with van der Waals surface area (Å²) in [6, 6.07) is 0.0902. The van der Waals surface area contributed by atoms with Crippen molar-refractivity contribution in [1.29, 1.82) is 0 Å². The van der Waals surface area contributed by atoms with Gasteiger partial charge in [0, 0.05) is 24.0 Å². The number of esters is 1. The molecule has 1 heterocycles. The number of piperidine rings is 1. The van der Waals surface area contributed by atoms with E-state index in [1.54, 1.807) is 27.7 Å². The highest BCUT2D eigenvalue weighted by Gasteiger charge is 2.24. The smallest absolute Gasteiger partial charge is 0.410 e. The van der Waals surface area contributed by atoms with Gasteiger partial charge in [-0.05, 0) is 59.2 Å². The zero-order valence-corrected chi connectivity index (χ0v) is 17.4. The lowest BCUT2D eigenvalue weighted by atomic mass is 10.1. The molecule has 1 rings (SSSR count). The van der Waals surface area contributed by atoms with Gasteiger partial charge in [-0.3, -0.25) is 9.69 Å². The third kappa shape index (κ3) is 10.3. The van der Waals surface area contributed by atoms with Crippen molar-refractivity contribution in [3.8, 4) is 0 Å². The molecular formula is C18H33N5O5. The van der Waals surface area contributed by atoms with Crippen molar-refractivity contribution in [2.75, 3.05) is 52.5 Å². The standard InChI is InChI=1S/C18H33N5O5/c1-5-27-16(24)14-23(17(25)28-18(2,3)4)11-13-26-12-10-22-8-6-15(7-9-22)20-21-19/h15H,5-14H2,1-4H3. The van der Waals surface area contributed by atoms with Crippen molar-refractivity contribution >= 4 is 12.1 Å². The van der Waals surface area contributed by atoms with E-state index in [0.29, 0.717) is 13.2 Å². The molecule has 160 valence electrons. The number of nitrogens with zero attached hydrogens (tertiary/aromatic N) is 5. The summed E-state index contributed by atoms with van der Waals surface area (Å²) in [6.45, 7) is 10.7. The van der Waals surface area contributed by atoms with E-state index >= 15 is 0 Å². The second kappa shape index (κ2) is 12.4. The van der Waals surface area contributed by atoms with Crippen LogP contribution in [0.3, 0.4) is 0 Å². The molecule has 28 heavy (non-hydrogen) atoms. The van der Waals surface area contributed by atoms with Crippen LogP contribution in [-0.4, -0.2) is 86.0 Å². The van der Waals surface area contributed by atoms with E-state index in [-0.39, 0.29) is 25.7 Å². The molecule has 10 heteroatoms. The van der Waals surface area contributed by atoms with Gasteiger partial charge in [-0.15, -0.1) is 0 Å². The van der Waals surface area contributed by atoms with E-state index in [4.69, 9.17) is 19.7 Å². The molecule has 0 bridgehead atoms. The number of rotatable bonds is 10. The minimum atomic E-state index is -0.646. The van der Waals surface area contributed by atoms with Gasteiger partial charge in [0.05, 0.1) is 19.8 Å². The Hall–Kier alpha value is -2.03. The van der Waals surface area contributed by atoms with Gasteiger partial charge in [0.2, 0.25) is 0 Å². The van der Waals surface area contributed by atoms with Gasteiger partial charge < -0.3 is 19.1 Å². The third-order valence-electron chi connectivity index (χ3n) is 4.11. The van der Waals surface area contributed by atoms with Crippen molar-refractivity contribution < 1.29 is 23.8 Å². The van der Waals surface area contributed by atoms with E-state index in [9.17, 15) is 9.59 Å². The Kier molecular flexibility index (Phi) is 10.7.